The molecule has 0 fully saturated rings. The van der Waals surface area contributed by atoms with Gasteiger partial charge in [0.25, 0.3) is 5.91 Å². The molecular weight excluding hydrogens is 411 g/mol. The van der Waals surface area contributed by atoms with Crippen LogP contribution in [0, 0.1) is 11.2 Å². The fourth-order valence-electron chi connectivity index (χ4n) is 2.54. The van der Waals surface area contributed by atoms with Crippen LogP contribution in [0.2, 0.25) is 0 Å². The van der Waals surface area contributed by atoms with Gasteiger partial charge in [0.1, 0.15) is 11.6 Å². The molecule has 1 amide bonds. The first-order valence-electron chi connectivity index (χ1n) is 8.09. The van der Waals surface area contributed by atoms with Gasteiger partial charge >= 0.3 is 0 Å². The molecule has 0 bridgehead atoms. The molecule has 0 aliphatic rings. The number of para-hydroxylation sites is 2. The molecule has 0 radical (unpaired) electrons. The first-order valence-corrected chi connectivity index (χ1v) is 8.88. The molecule has 0 aliphatic carbocycles. The molecule has 0 saturated carbocycles. The number of nitrogens with zero attached hydrogens (tertiary/aromatic N) is 1. The first kappa shape index (κ1) is 18.7. The number of amides is 1. The summed E-state index contributed by atoms with van der Waals surface area (Å²) in [5, 5.41) is 14.1. The molecule has 7 heteroatoms. The molecule has 0 unspecified atom stereocenters. The zero-order valence-corrected chi connectivity index (χ0v) is 16.0. The molecule has 0 aliphatic heterocycles. The van der Waals surface area contributed by atoms with E-state index in [2.05, 4.69) is 31.5 Å². The highest BCUT2D eigenvalue weighted by atomic mass is 79.9. The van der Waals surface area contributed by atoms with E-state index < -0.39 is 11.7 Å². The highest BCUT2D eigenvalue weighted by Crippen LogP contribution is 2.27. The number of aromatic nitrogens is 1. The van der Waals surface area contributed by atoms with Crippen molar-refractivity contribution < 1.29 is 9.18 Å². The van der Waals surface area contributed by atoms with Gasteiger partial charge in [0, 0.05) is 21.8 Å². The van der Waals surface area contributed by atoms with E-state index in [0.717, 1.165) is 17.1 Å². The van der Waals surface area contributed by atoms with Crippen LogP contribution in [0.25, 0.3) is 10.9 Å². The third-order valence-electron chi connectivity index (χ3n) is 3.91. The van der Waals surface area contributed by atoms with Gasteiger partial charge in [-0.3, -0.25) is 4.79 Å². The highest BCUT2D eigenvalue weighted by molar-refractivity contribution is 9.10. The number of rotatable bonds is 5. The van der Waals surface area contributed by atoms with Crippen LogP contribution in [0.1, 0.15) is 6.92 Å². The Balaban J connectivity index is 1.85. The average Bonchev–Trinajstić information content (AvgIpc) is 2.65. The minimum atomic E-state index is -0.509. The number of hydrogen-bond donors (Lipinski definition) is 3. The number of anilines is 2. The topological polar surface area (TPSA) is 77.9 Å². The molecule has 3 aromatic rings. The molecule has 3 rings (SSSR count). The Morgan fingerprint density at radius 3 is 2.63 bits per heavy atom. The molecule has 5 nitrogen and oxygen atoms in total. The summed E-state index contributed by atoms with van der Waals surface area (Å²) >= 11 is 3.27. The molecule has 136 valence electrons. The SMILES string of the molecule is C/C(Nc1c(F)cccc1Br)=C(/C=N)C(=O)Nc1ccc2ccccc2n1. The third kappa shape index (κ3) is 4.20. The Labute approximate surface area is 164 Å². The monoisotopic (exact) mass is 426 g/mol. The number of allylic oxidation sites excluding steroid dienone is 1. The quantitative estimate of drug-likeness (QED) is 0.391. The largest absolute Gasteiger partial charge is 0.355 e. The molecule has 2 aromatic carbocycles. The molecule has 0 atom stereocenters. The van der Waals surface area contributed by atoms with Crippen LogP contribution >= 0.6 is 15.9 Å². The van der Waals surface area contributed by atoms with Crippen LogP contribution in [-0.4, -0.2) is 17.1 Å². The summed E-state index contributed by atoms with van der Waals surface area (Å²) in [5.74, 6) is -0.604. The average molecular weight is 427 g/mol. The zero-order chi connectivity index (χ0) is 19.4. The van der Waals surface area contributed by atoms with Crippen LogP contribution in [0.3, 0.4) is 0 Å². The Bertz CT molecular complexity index is 1040. The third-order valence-corrected chi connectivity index (χ3v) is 4.57. The Hall–Kier alpha value is -3.06. The van der Waals surface area contributed by atoms with E-state index in [1.54, 1.807) is 25.1 Å². The van der Waals surface area contributed by atoms with E-state index in [-0.39, 0.29) is 11.3 Å². The molecule has 3 N–H and O–H groups in total. The lowest BCUT2D eigenvalue weighted by Gasteiger charge is -2.13. The summed E-state index contributed by atoms with van der Waals surface area (Å²) in [6, 6.07) is 15.7. The molecule has 0 saturated heterocycles. The maximum Gasteiger partial charge on any atom is 0.260 e. The number of pyridine rings is 1. The second-order valence-corrected chi connectivity index (χ2v) is 6.60. The second kappa shape index (κ2) is 8.09. The lowest BCUT2D eigenvalue weighted by molar-refractivity contribution is -0.112. The summed E-state index contributed by atoms with van der Waals surface area (Å²) in [5.41, 5.74) is 1.36. The molecule has 1 heterocycles. The number of carbonyl (C=O) groups is 1. The van der Waals surface area contributed by atoms with Crippen LogP contribution in [0.4, 0.5) is 15.9 Å². The van der Waals surface area contributed by atoms with Crippen molar-refractivity contribution in [1.29, 1.82) is 5.41 Å². The number of fused-ring (bicyclic) bond motifs is 1. The maximum absolute atomic E-state index is 14.0. The van der Waals surface area contributed by atoms with Gasteiger partial charge in [0.2, 0.25) is 0 Å². The van der Waals surface area contributed by atoms with Crippen molar-refractivity contribution in [3.05, 3.63) is 76.2 Å². The van der Waals surface area contributed by atoms with Gasteiger partial charge in [-0.1, -0.05) is 24.3 Å². The van der Waals surface area contributed by atoms with Crippen LogP contribution in [-0.2, 0) is 4.79 Å². The standard InChI is InChI=1S/C20H16BrFN4O/c1-12(24-19-15(21)6-4-7-16(19)22)14(11-23)20(27)26-18-10-9-13-5-2-3-8-17(13)25-18/h2-11,23-24H,1H3,(H,25,26,27)/b14-12+,23-11?. The summed E-state index contributed by atoms with van der Waals surface area (Å²) in [4.78, 5) is 17.0. The number of nitrogens with one attached hydrogen (secondary N) is 3. The fraction of sp³-hybridized carbons (Fsp3) is 0.0500. The van der Waals surface area contributed by atoms with E-state index in [4.69, 9.17) is 5.41 Å². The van der Waals surface area contributed by atoms with E-state index in [9.17, 15) is 9.18 Å². The number of halogens is 2. The van der Waals surface area contributed by atoms with Gasteiger partial charge in [0.15, 0.2) is 0 Å². The Morgan fingerprint density at radius 2 is 1.89 bits per heavy atom. The van der Waals surface area contributed by atoms with E-state index in [1.165, 1.54) is 6.07 Å². The van der Waals surface area contributed by atoms with Crippen molar-refractivity contribution in [2.24, 2.45) is 0 Å². The fourth-order valence-corrected chi connectivity index (χ4v) is 2.98. The van der Waals surface area contributed by atoms with Gasteiger partial charge in [-0.25, -0.2) is 9.37 Å². The summed E-state index contributed by atoms with van der Waals surface area (Å²) < 4.78 is 14.5. The Kier molecular flexibility index (Phi) is 5.61. The normalized spacial score (nSPS) is 11.7. The summed E-state index contributed by atoms with van der Waals surface area (Å²) in [7, 11) is 0. The van der Waals surface area contributed by atoms with Gasteiger partial charge < -0.3 is 16.0 Å². The molecule has 1 aromatic heterocycles. The van der Waals surface area contributed by atoms with Gasteiger partial charge in [0.05, 0.1) is 16.8 Å². The minimum absolute atomic E-state index is 0.0695. The minimum Gasteiger partial charge on any atom is -0.355 e. The van der Waals surface area contributed by atoms with Crippen molar-refractivity contribution in [1.82, 2.24) is 4.98 Å². The number of hydrogen-bond acceptors (Lipinski definition) is 4. The zero-order valence-electron chi connectivity index (χ0n) is 14.4. The van der Waals surface area contributed by atoms with Crippen molar-refractivity contribution in [3.8, 4) is 0 Å². The van der Waals surface area contributed by atoms with Crippen LogP contribution in [0.15, 0.2) is 70.3 Å². The lowest BCUT2D eigenvalue weighted by atomic mass is 10.2. The first-order chi connectivity index (χ1) is 13.0. The van der Waals surface area contributed by atoms with Crippen LogP contribution in [0.5, 0.6) is 0 Å². The van der Waals surface area contributed by atoms with E-state index >= 15 is 0 Å². The van der Waals surface area contributed by atoms with Gasteiger partial charge in [-0.2, -0.15) is 0 Å². The maximum atomic E-state index is 14.0. The van der Waals surface area contributed by atoms with Gasteiger partial charge in [-0.05, 0) is 53.2 Å². The van der Waals surface area contributed by atoms with Gasteiger partial charge in [-0.15, -0.1) is 0 Å². The predicted octanol–water partition coefficient (Wildman–Crippen LogP) is 5.11. The molecular formula is C20H16BrFN4O. The molecule has 0 spiro atoms. The van der Waals surface area contributed by atoms with Crippen LogP contribution < -0.4 is 10.6 Å². The van der Waals surface area contributed by atoms with Crippen molar-refractivity contribution in [2.75, 3.05) is 10.6 Å². The lowest BCUT2D eigenvalue weighted by Crippen LogP contribution is -2.19. The smallest absolute Gasteiger partial charge is 0.260 e. The van der Waals surface area contributed by atoms with E-state index in [1.807, 2.05) is 30.3 Å². The van der Waals surface area contributed by atoms with Crippen molar-refractivity contribution >= 4 is 50.5 Å². The molecule has 27 heavy (non-hydrogen) atoms. The highest BCUT2D eigenvalue weighted by Gasteiger charge is 2.14. The number of carbonyl (C=O) groups excluding carboxylic acids is 1. The number of benzene rings is 2. The van der Waals surface area contributed by atoms with Crippen molar-refractivity contribution in [3.63, 3.8) is 0 Å². The van der Waals surface area contributed by atoms with Crippen molar-refractivity contribution in [2.45, 2.75) is 6.92 Å². The Morgan fingerprint density at radius 1 is 1.11 bits per heavy atom. The predicted molar refractivity (Wildman–Crippen MR) is 110 cm³/mol. The summed E-state index contributed by atoms with van der Waals surface area (Å²) in [6.45, 7) is 1.60. The summed E-state index contributed by atoms with van der Waals surface area (Å²) in [6.07, 6.45) is 0.924. The van der Waals surface area contributed by atoms with E-state index in [0.29, 0.717) is 16.0 Å². The second-order valence-electron chi connectivity index (χ2n) is 5.75.